The molecule has 178 valence electrons. The molecule has 1 amide bonds. The number of benzene rings is 1. The van der Waals surface area contributed by atoms with E-state index in [0.717, 1.165) is 25.8 Å². The molecule has 1 atom stereocenters. The van der Waals surface area contributed by atoms with Crippen LogP contribution < -0.4 is 10.2 Å². The molecule has 1 N–H and O–H groups in total. The molecule has 1 aromatic carbocycles. The number of imidazole rings is 1. The van der Waals surface area contributed by atoms with Crippen molar-refractivity contribution in [2.75, 3.05) is 18.0 Å². The standard InChI is InChI=1S/C24H26BrFN6O2/c1-24(2,3)34-23(33)29-17-6-4-5-10-31(14-17)21-22-30-19(20(25)32(22)11-9-28-21)15-7-8-16(13-27)18(26)12-15/h7-9,11-12,17H,4-6,10,14H2,1-3H3,(H,29,33)/t17-/m1/s1. The van der Waals surface area contributed by atoms with Crippen LogP contribution in [0.4, 0.5) is 15.0 Å². The normalized spacial score (nSPS) is 16.7. The van der Waals surface area contributed by atoms with Crippen LogP contribution in [0.5, 0.6) is 0 Å². The Hall–Kier alpha value is -3.19. The first-order chi connectivity index (χ1) is 16.2. The van der Waals surface area contributed by atoms with Gasteiger partial charge in [-0.25, -0.2) is 19.2 Å². The summed E-state index contributed by atoms with van der Waals surface area (Å²) in [6.07, 6.45) is 5.80. The molecule has 1 saturated heterocycles. The first-order valence-corrected chi connectivity index (χ1v) is 11.9. The number of rotatable bonds is 3. The Bertz CT molecular complexity index is 1260. The number of aromatic nitrogens is 3. The summed E-state index contributed by atoms with van der Waals surface area (Å²) in [5, 5.41) is 12.0. The van der Waals surface area contributed by atoms with Gasteiger partial charge in [0, 0.05) is 37.1 Å². The quantitative estimate of drug-likeness (QED) is 0.510. The molecule has 4 rings (SSSR count). The molecule has 0 radical (unpaired) electrons. The van der Waals surface area contributed by atoms with Crippen LogP contribution in [0.3, 0.4) is 0 Å². The lowest BCUT2D eigenvalue weighted by molar-refractivity contribution is 0.0504. The maximum Gasteiger partial charge on any atom is 0.407 e. The van der Waals surface area contributed by atoms with Crippen molar-refractivity contribution < 1.29 is 13.9 Å². The fraction of sp³-hybridized carbons (Fsp3) is 0.417. The van der Waals surface area contributed by atoms with Gasteiger partial charge in [0.25, 0.3) is 0 Å². The first kappa shape index (κ1) is 24.0. The summed E-state index contributed by atoms with van der Waals surface area (Å²) in [5.74, 6) is 0.0901. The van der Waals surface area contributed by atoms with Crippen molar-refractivity contribution in [3.8, 4) is 17.3 Å². The number of hydrogen-bond donors (Lipinski definition) is 1. The zero-order valence-corrected chi connectivity index (χ0v) is 20.9. The minimum Gasteiger partial charge on any atom is -0.444 e. The Morgan fingerprint density at radius 1 is 1.35 bits per heavy atom. The molecule has 0 spiro atoms. The molecule has 34 heavy (non-hydrogen) atoms. The molecule has 3 heterocycles. The lowest BCUT2D eigenvalue weighted by Crippen LogP contribution is -2.45. The van der Waals surface area contributed by atoms with Crippen molar-refractivity contribution in [1.29, 1.82) is 5.26 Å². The van der Waals surface area contributed by atoms with Crippen LogP contribution in [0.15, 0.2) is 35.2 Å². The van der Waals surface area contributed by atoms with Crippen molar-refractivity contribution in [1.82, 2.24) is 19.7 Å². The molecule has 0 bridgehead atoms. The largest absolute Gasteiger partial charge is 0.444 e. The molecule has 10 heteroatoms. The van der Waals surface area contributed by atoms with E-state index in [1.165, 1.54) is 12.1 Å². The van der Waals surface area contributed by atoms with Crippen LogP contribution in [0.2, 0.25) is 0 Å². The van der Waals surface area contributed by atoms with Crippen molar-refractivity contribution >= 4 is 33.5 Å². The molecular weight excluding hydrogens is 503 g/mol. The summed E-state index contributed by atoms with van der Waals surface area (Å²) in [6.45, 7) is 6.85. The Balaban J connectivity index is 1.65. The Morgan fingerprint density at radius 3 is 2.85 bits per heavy atom. The number of ether oxygens (including phenoxy) is 1. The van der Waals surface area contributed by atoms with Crippen LogP contribution in [0, 0.1) is 17.1 Å². The number of hydrogen-bond acceptors (Lipinski definition) is 6. The summed E-state index contributed by atoms with van der Waals surface area (Å²) >= 11 is 3.59. The summed E-state index contributed by atoms with van der Waals surface area (Å²) in [4.78, 5) is 23.8. The molecule has 1 aliphatic heterocycles. The van der Waals surface area contributed by atoms with Gasteiger partial charge in [0.05, 0.1) is 5.56 Å². The second-order valence-electron chi connectivity index (χ2n) is 9.29. The molecule has 8 nitrogen and oxygen atoms in total. The van der Waals surface area contributed by atoms with E-state index in [1.54, 1.807) is 18.5 Å². The van der Waals surface area contributed by atoms with Gasteiger partial charge in [-0.1, -0.05) is 6.07 Å². The molecule has 1 fully saturated rings. The van der Waals surface area contributed by atoms with Crippen LogP contribution in [-0.4, -0.2) is 45.2 Å². The van der Waals surface area contributed by atoms with Crippen LogP contribution in [-0.2, 0) is 4.74 Å². The topological polar surface area (TPSA) is 95.5 Å². The van der Waals surface area contributed by atoms with Crippen LogP contribution >= 0.6 is 15.9 Å². The fourth-order valence-corrected chi connectivity index (χ4v) is 4.63. The summed E-state index contributed by atoms with van der Waals surface area (Å²) in [7, 11) is 0. The zero-order chi connectivity index (χ0) is 24.5. The number of carbonyl (C=O) groups is 1. The lowest BCUT2D eigenvalue weighted by atomic mass is 10.1. The van der Waals surface area contributed by atoms with Crippen LogP contribution in [0.1, 0.15) is 45.6 Å². The third-order valence-corrected chi connectivity index (χ3v) is 6.28. The highest BCUT2D eigenvalue weighted by atomic mass is 79.9. The monoisotopic (exact) mass is 528 g/mol. The van der Waals surface area contributed by atoms with E-state index >= 15 is 0 Å². The number of fused-ring (bicyclic) bond motifs is 1. The van der Waals surface area contributed by atoms with E-state index in [2.05, 4.69) is 31.1 Å². The fourth-order valence-electron chi connectivity index (χ4n) is 4.02. The number of nitrogens with one attached hydrogen (secondary N) is 1. The van der Waals surface area contributed by atoms with Gasteiger partial charge in [0.2, 0.25) is 0 Å². The predicted octanol–water partition coefficient (Wildman–Crippen LogP) is 5.05. The molecule has 2 aromatic heterocycles. The van der Waals surface area contributed by atoms with E-state index in [-0.39, 0.29) is 11.6 Å². The van der Waals surface area contributed by atoms with Crippen molar-refractivity contribution in [2.24, 2.45) is 0 Å². The van der Waals surface area contributed by atoms with E-state index in [4.69, 9.17) is 15.0 Å². The average Bonchev–Trinajstić information content (AvgIpc) is 2.94. The predicted molar refractivity (Wildman–Crippen MR) is 130 cm³/mol. The third kappa shape index (κ3) is 5.14. The van der Waals surface area contributed by atoms with Crippen LogP contribution in [0.25, 0.3) is 16.9 Å². The maximum absolute atomic E-state index is 14.3. The lowest BCUT2D eigenvalue weighted by Gasteiger charge is -2.27. The number of amides is 1. The van der Waals surface area contributed by atoms with Gasteiger partial charge < -0.3 is 15.0 Å². The van der Waals surface area contributed by atoms with Gasteiger partial charge in [-0.3, -0.25) is 4.40 Å². The number of nitrogens with zero attached hydrogens (tertiary/aromatic N) is 5. The highest BCUT2D eigenvalue weighted by Gasteiger charge is 2.26. The maximum atomic E-state index is 14.3. The smallest absolute Gasteiger partial charge is 0.407 e. The Labute approximate surface area is 205 Å². The molecule has 3 aromatic rings. The Kier molecular flexibility index (Phi) is 6.75. The number of nitriles is 1. The van der Waals surface area contributed by atoms with Crippen molar-refractivity contribution in [3.05, 3.63) is 46.6 Å². The minimum absolute atomic E-state index is 0.0147. The van der Waals surface area contributed by atoms with Crippen molar-refractivity contribution in [3.63, 3.8) is 0 Å². The second-order valence-corrected chi connectivity index (χ2v) is 10.0. The van der Waals surface area contributed by atoms with E-state index < -0.39 is 17.5 Å². The summed E-state index contributed by atoms with van der Waals surface area (Å²) in [6, 6.07) is 6.17. The molecule has 0 saturated carbocycles. The van der Waals surface area contributed by atoms with Gasteiger partial charge in [0.15, 0.2) is 11.5 Å². The second kappa shape index (κ2) is 9.58. The van der Waals surface area contributed by atoms with E-state index in [0.29, 0.717) is 33.9 Å². The number of alkyl carbamates (subject to hydrolysis) is 1. The highest BCUT2D eigenvalue weighted by molar-refractivity contribution is 9.10. The Morgan fingerprint density at radius 2 is 2.15 bits per heavy atom. The van der Waals surface area contributed by atoms with Crippen molar-refractivity contribution in [2.45, 2.75) is 51.7 Å². The third-order valence-electron chi connectivity index (χ3n) is 5.52. The molecule has 0 unspecified atom stereocenters. The number of anilines is 1. The van der Waals surface area contributed by atoms with Gasteiger partial charge >= 0.3 is 6.09 Å². The molecule has 1 aliphatic rings. The SMILES string of the molecule is CC(C)(C)OC(=O)N[C@@H]1CCCCN(c2nccn3c(Br)c(-c4ccc(C#N)c(F)c4)nc23)C1. The number of halogens is 2. The van der Waals surface area contributed by atoms with Gasteiger partial charge in [-0.2, -0.15) is 5.26 Å². The van der Waals surface area contributed by atoms with E-state index in [1.807, 2.05) is 31.2 Å². The van der Waals surface area contributed by atoms with Gasteiger partial charge in [-0.05, 0) is 68.1 Å². The first-order valence-electron chi connectivity index (χ1n) is 11.1. The zero-order valence-electron chi connectivity index (χ0n) is 19.3. The van der Waals surface area contributed by atoms with E-state index in [9.17, 15) is 9.18 Å². The number of carbonyl (C=O) groups excluding carboxylic acids is 1. The van der Waals surface area contributed by atoms with Gasteiger partial charge in [0.1, 0.15) is 27.8 Å². The summed E-state index contributed by atoms with van der Waals surface area (Å²) in [5.41, 5.74) is 1.14. The molecule has 0 aliphatic carbocycles. The average molecular weight is 529 g/mol. The highest BCUT2D eigenvalue weighted by Crippen LogP contribution is 2.33. The molecular formula is C24H26BrFN6O2. The summed E-state index contributed by atoms with van der Waals surface area (Å²) < 4.78 is 22.2. The minimum atomic E-state index is -0.592. The van der Waals surface area contributed by atoms with Gasteiger partial charge in [-0.15, -0.1) is 0 Å².